The highest BCUT2D eigenvalue weighted by Crippen LogP contribution is 2.28. The summed E-state index contributed by atoms with van der Waals surface area (Å²) in [5, 5.41) is 13.0. The minimum absolute atomic E-state index is 0.00363. The van der Waals surface area contributed by atoms with Gasteiger partial charge >= 0.3 is 12.1 Å². The van der Waals surface area contributed by atoms with Crippen molar-refractivity contribution in [1.29, 1.82) is 0 Å². The zero-order valence-corrected chi connectivity index (χ0v) is 18.9. The number of hydrogen-bond acceptors (Lipinski definition) is 9. The standard InChI is InChI=1S/C18H24F2N6O2.C2HF3O2/c1-27-7-6-21-16-23-17(22-8-13(19)11-28-2)25-18(24-16)26-9-12-4-3-5-15(20)14(12)10-26;3-2(4,5)1(6)7/h3-5,13H,6-11H2,1-2H3,(H2,21,22,23,24,25);(H,6,7). The molecule has 0 aliphatic carbocycles. The molecule has 0 saturated carbocycles. The third-order valence-electron chi connectivity index (χ3n) is 4.49. The molecule has 1 aliphatic heterocycles. The van der Waals surface area contributed by atoms with Gasteiger partial charge in [-0.15, -0.1) is 0 Å². The number of alkyl halides is 4. The van der Waals surface area contributed by atoms with Crippen LogP contribution in [-0.2, 0) is 27.4 Å². The lowest BCUT2D eigenvalue weighted by atomic mass is 10.1. The van der Waals surface area contributed by atoms with Crippen molar-refractivity contribution in [2.75, 3.05) is 56.1 Å². The Hall–Kier alpha value is -3.33. The Morgan fingerprint density at radius 2 is 1.80 bits per heavy atom. The molecular weight excluding hydrogens is 483 g/mol. The highest BCUT2D eigenvalue weighted by atomic mass is 19.4. The summed E-state index contributed by atoms with van der Waals surface area (Å²) in [5.74, 6) is -2.04. The van der Waals surface area contributed by atoms with Crippen LogP contribution < -0.4 is 15.5 Å². The van der Waals surface area contributed by atoms with Crippen LogP contribution in [-0.4, -0.2) is 78.9 Å². The van der Waals surface area contributed by atoms with Gasteiger partial charge in [-0.1, -0.05) is 12.1 Å². The summed E-state index contributed by atoms with van der Waals surface area (Å²) >= 11 is 0. The number of nitrogens with zero attached hydrogens (tertiary/aromatic N) is 4. The molecule has 0 radical (unpaired) electrons. The number of carboxylic acids is 1. The van der Waals surface area contributed by atoms with E-state index in [4.69, 9.17) is 19.4 Å². The number of ether oxygens (including phenoxy) is 2. The van der Waals surface area contributed by atoms with Gasteiger partial charge in [-0.05, 0) is 11.6 Å². The van der Waals surface area contributed by atoms with E-state index < -0.39 is 18.3 Å². The lowest BCUT2D eigenvalue weighted by Crippen LogP contribution is -2.24. The first-order chi connectivity index (χ1) is 16.5. The highest BCUT2D eigenvalue weighted by Gasteiger charge is 2.38. The second-order valence-corrected chi connectivity index (χ2v) is 7.17. The topological polar surface area (TPSA) is 122 Å². The lowest BCUT2D eigenvalue weighted by molar-refractivity contribution is -0.192. The van der Waals surface area contributed by atoms with Gasteiger partial charge in [0.25, 0.3) is 0 Å². The van der Waals surface area contributed by atoms with Gasteiger partial charge in [0.1, 0.15) is 12.0 Å². The predicted octanol–water partition coefficient (Wildman–Crippen LogP) is 2.62. The monoisotopic (exact) mass is 508 g/mol. The zero-order chi connectivity index (χ0) is 26.0. The van der Waals surface area contributed by atoms with Crippen LogP contribution in [0.3, 0.4) is 0 Å². The fraction of sp³-hybridized carbons (Fsp3) is 0.500. The first kappa shape index (κ1) is 27.9. The molecule has 3 rings (SSSR count). The van der Waals surface area contributed by atoms with E-state index in [2.05, 4.69) is 25.6 Å². The van der Waals surface area contributed by atoms with Crippen molar-refractivity contribution in [3.8, 4) is 0 Å². The van der Waals surface area contributed by atoms with Gasteiger partial charge < -0.3 is 30.1 Å². The molecule has 2 aromatic rings. The third-order valence-corrected chi connectivity index (χ3v) is 4.49. The molecule has 0 saturated heterocycles. The molecule has 0 spiro atoms. The van der Waals surface area contributed by atoms with Crippen LogP contribution in [0, 0.1) is 5.82 Å². The number of fused-ring (bicyclic) bond motifs is 1. The molecular formula is C20H25F5N6O4. The molecule has 0 fully saturated rings. The Labute approximate surface area is 197 Å². The number of carboxylic acid groups (broad SMARTS) is 1. The van der Waals surface area contributed by atoms with E-state index in [0.717, 1.165) is 5.56 Å². The maximum atomic E-state index is 14.1. The molecule has 3 N–H and O–H groups in total. The van der Waals surface area contributed by atoms with Crippen molar-refractivity contribution in [1.82, 2.24) is 15.0 Å². The molecule has 1 unspecified atom stereocenters. The van der Waals surface area contributed by atoms with Crippen LogP contribution in [0.15, 0.2) is 18.2 Å². The Balaban J connectivity index is 0.000000540. The summed E-state index contributed by atoms with van der Waals surface area (Å²) in [6.07, 6.45) is -6.28. The van der Waals surface area contributed by atoms with Gasteiger partial charge in [-0.2, -0.15) is 28.1 Å². The maximum Gasteiger partial charge on any atom is 0.490 e. The number of aromatic nitrogens is 3. The predicted molar refractivity (Wildman–Crippen MR) is 115 cm³/mol. The number of methoxy groups -OCH3 is 2. The molecule has 15 heteroatoms. The average Bonchev–Trinajstić information content (AvgIpc) is 3.24. The van der Waals surface area contributed by atoms with E-state index in [1.165, 1.54) is 13.2 Å². The number of rotatable bonds is 10. The second-order valence-electron chi connectivity index (χ2n) is 7.17. The largest absolute Gasteiger partial charge is 0.490 e. The molecule has 10 nitrogen and oxygen atoms in total. The minimum Gasteiger partial charge on any atom is -0.475 e. The molecule has 2 heterocycles. The molecule has 0 bridgehead atoms. The van der Waals surface area contributed by atoms with Crippen molar-refractivity contribution >= 4 is 23.8 Å². The number of hydrogen-bond donors (Lipinski definition) is 3. The number of aliphatic carboxylic acids is 1. The number of anilines is 3. The summed E-state index contributed by atoms with van der Waals surface area (Å²) in [6.45, 7) is 1.81. The van der Waals surface area contributed by atoms with E-state index in [9.17, 15) is 22.0 Å². The minimum atomic E-state index is -5.08. The summed E-state index contributed by atoms with van der Waals surface area (Å²) in [5.41, 5.74) is 1.53. The summed E-state index contributed by atoms with van der Waals surface area (Å²) < 4.78 is 69.3. The van der Waals surface area contributed by atoms with Crippen molar-refractivity contribution in [2.45, 2.75) is 25.4 Å². The van der Waals surface area contributed by atoms with Crippen molar-refractivity contribution in [3.05, 3.63) is 35.1 Å². The molecule has 194 valence electrons. The van der Waals surface area contributed by atoms with E-state index in [1.807, 2.05) is 11.0 Å². The van der Waals surface area contributed by atoms with Crippen LogP contribution in [0.4, 0.5) is 39.8 Å². The summed E-state index contributed by atoms with van der Waals surface area (Å²) in [4.78, 5) is 23.8. The summed E-state index contributed by atoms with van der Waals surface area (Å²) in [7, 11) is 3.04. The normalized spacial score (nSPS) is 13.5. The number of carbonyl (C=O) groups is 1. The number of halogens is 5. The Morgan fingerprint density at radius 1 is 1.14 bits per heavy atom. The van der Waals surface area contributed by atoms with Crippen LogP contribution in [0.5, 0.6) is 0 Å². The first-order valence-electron chi connectivity index (χ1n) is 10.2. The Morgan fingerprint density at radius 3 is 2.37 bits per heavy atom. The Bertz CT molecular complexity index is 982. The van der Waals surface area contributed by atoms with Gasteiger partial charge in [0.15, 0.2) is 0 Å². The molecule has 1 aliphatic rings. The Kier molecular flexibility index (Phi) is 10.3. The fourth-order valence-corrected chi connectivity index (χ4v) is 2.89. The van der Waals surface area contributed by atoms with Gasteiger partial charge in [0, 0.05) is 39.4 Å². The second kappa shape index (κ2) is 12.9. The van der Waals surface area contributed by atoms with Gasteiger partial charge in [0.2, 0.25) is 17.8 Å². The van der Waals surface area contributed by atoms with Crippen LogP contribution in [0.25, 0.3) is 0 Å². The molecule has 1 atom stereocenters. The van der Waals surface area contributed by atoms with Crippen molar-refractivity contribution in [2.24, 2.45) is 0 Å². The van der Waals surface area contributed by atoms with Crippen LogP contribution >= 0.6 is 0 Å². The third kappa shape index (κ3) is 8.75. The number of benzene rings is 1. The van der Waals surface area contributed by atoms with Gasteiger partial charge in [-0.3, -0.25) is 0 Å². The van der Waals surface area contributed by atoms with Crippen LogP contribution in [0.1, 0.15) is 11.1 Å². The van der Waals surface area contributed by atoms with Gasteiger partial charge in [0.05, 0.1) is 19.8 Å². The molecule has 1 aromatic carbocycles. The van der Waals surface area contributed by atoms with Gasteiger partial charge in [-0.25, -0.2) is 13.6 Å². The maximum absolute atomic E-state index is 14.1. The highest BCUT2D eigenvalue weighted by molar-refractivity contribution is 5.73. The van der Waals surface area contributed by atoms with Crippen LogP contribution in [0.2, 0.25) is 0 Å². The smallest absolute Gasteiger partial charge is 0.475 e. The van der Waals surface area contributed by atoms with Crippen molar-refractivity contribution < 1.29 is 41.3 Å². The molecule has 35 heavy (non-hydrogen) atoms. The summed E-state index contributed by atoms with van der Waals surface area (Å²) in [6, 6.07) is 5.01. The SMILES string of the molecule is COCCNc1nc(NCC(F)COC)nc(N2Cc3cccc(F)c3C2)n1.O=C(O)C(F)(F)F. The van der Waals surface area contributed by atoms with E-state index >= 15 is 0 Å². The lowest BCUT2D eigenvalue weighted by Gasteiger charge is -2.18. The molecule has 0 amide bonds. The van der Waals surface area contributed by atoms with E-state index in [1.54, 1.807) is 13.2 Å². The average molecular weight is 508 g/mol. The number of nitrogens with one attached hydrogen (secondary N) is 2. The zero-order valence-electron chi connectivity index (χ0n) is 18.9. The van der Waals surface area contributed by atoms with E-state index in [-0.39, 0.29) is 24.9 Å². The van der Waals surface area contributed by atoms with E-state index in [0.29, 0.717) is 43.7 Å². The first-order valence-corrected chi connectivity index (χ1v) is 10.2. The fourth-order valence-electron chi connectivity index (χ4n) is 2.89. The molecule has 1 aromatic heterocycles. The van der Waals surface area contributed by atoms with Crippen molar-refractivity contribution in [3.63, 3.8) is 0 Å². The quantitative estimate of drug-likeness (QED) is 0.326.